The molecule has 0 spiro atoms. The number of esters is 1. The number of methoxy groups -OCH3 is 2. The quantitative estimate of drug-likeness (QED) is 0.643. The van der Waals surface area contributed by atoms with Crippen LogP contribution in [-0.4, -0.2) is 52.3 Å². The van der Waals surface area contributed by atoms with Crippen molar-refractivity contribution in [2.45, 2.75) is 26.3 Å². The third-order valence-corrected chi connectivity index (χ3v) is 4.59. The topological polar surface area (TPSA) is 78.3 Å². The average molecular weight is 365 g/mol. The van der Waals surface area contributed by atoms with Gasteiger partial charge in [-0.05, 0) is 37.5 Å². The van der Waals surface area contributed by atoms with Gasteiger partial charge in [-0.2, -0.15) is 0 Å². The van der Waals surface area contributed by atoms with Gasteiger partial charge in [0.15, 0.2) is 18.0 Å². The molecule has 1 aliphatic heterocycles. The fourth-order valence-corrected chi connectivity index (χ4v) is 3.25. The summed E-state index contributed by atoms with van der Waals surface area (Å²) in [5.74, 6) is 1.02. The van der Waals surface area contributed by atoms with Gasteiger partial charge in [0.25, 0.3) is 5.91 Å². The molecule has 2 atom stereocenters. The molecule has 2 N–H and O–H groups in total. The van der Waals surface area contributed by atoms with Gasteiger partial charge in [0.2, 0.25) is 0 Å². The molecule has 2 rings (SSSR count). The van der Waals surface area contributed by atoms with E-state index in [9.17, 15) is 9.59 Å². The van der Waals surface area contributed by atoms with Crippen molar-refractivity contribution in [1.29, 1.82) is 0 Å². The molecule has 1 fully saturated rings. The molecule has 1 heterocycles. The van der Waals surface area contributed by atoms with Crippen molar-refractivity contribution in [1.82, 2.24) is 5.32 Å². The lowest BCUT2D eigenvalue weighted by Gasteiger charge is -2.28. The number of amides is 1. The van der Waals surface area contributed by atoms with Gasteiger partial charge < -0.3 is 24.4 Å². The van der Waals surface area contributed by atoms with E-state index in [0.717, 1.165) is 29.8 Å². The predicted octanol–water partition coefficient (Wildman–Crippen LogP) is 0.178. The predicted molar refractivity (Wildman–Crippen MR) is 96.3 cm³/mol. The van der Waals surface area contributed by atoms with Gasteiger partial charge in [-0.15, -0.1) is 0 Å². The van der Waals surface area contributed by atoms with Crippen LogP contribution in [0.15, 0.2) is 18.2 Å². The number of hydrogen-bond donors (Lipinski definition) is 2. The number of benzene rings is 1. The third-order valence-electron chi connectivity index (χ3n) is 4.59. The largest absolute Gasteiger partial charge is 0.493 e. The van der Waals surface area contributed by atoms with E-state index in [4.69, 9.17) is 14.2 Å². The number of nitrogens with one attached hydrogen (secondary N) is 2. The Balaban J connectivity index is 1.82. The minimum atomic E-state index is -0.143. The van der Waals surface area contributed by atoms with Crippen LogP contribution in [0.4, 0.5) is 0 Å². The third kappa shape index (κ3) is 5.62. The van der Waals surface area contributed by atoms with Crippen molar-refractivity contribution >= 4 is 11.9 Å². The Labute approximate surface area is 154 Å². The summed E-state index contributed by atoms with van der Waals surface area (Å²) in [5, 5.41) is 2.93. The second kappa shape index (κ2) is 10.0. The van der Waals surface area contributed by atoms with Crippen molar-refractivity contribution < 1.29 is 28.7 Å². The number of carbonyl (C=O) groups excluding carboxylic acids is 2. The van der Waals surface area contributed by atoms with Crippen LogP contribution in [-0.2, 0) is 20.9 Å². The van der Waals surface area contributed by atoms with Gasteiger partial charge in [0, 0.05) is 6.54 Å². The number of likely N-dealkylation sites (tertiary alicyclic amines) is 1. The van der Waals surface area contributed by atoms with Gasteiger partial charge in [-0.25, -0.2) is 0 Å². The highest BCUT2D eigenvalue weighted by Crippen LogP contribution is 2.27. The maximum Gasteiger partial charge on any atom is 0.314 e. The lowest BCUT2D eigenvalue weighted by atomic mass is 9.98. The highest BCUT2D eigenvalue weighted by molar-refractivity contribution is 5.77. The highest BCUT2D eigenvalue weighted by Gasteiger charge is 2.30. The van der Waals surface area contributed by atoms with E-state index in [1.807, 2.05) is 25.1 Å². The molecule has 0 saturated carbocycles. The van der Waals surface area contributed by atoms with E-state index in [1.165, 1.54) is 0 Å². The number of piperidine rings is 1. The average Bonchev–Trinajstić information content (AvgIpc) is 2.66. The van der Waals surface area contributed by atoms with Gasteiger partial charge >= 0.3 is 5.97 Å². The van der Waals surface area contributed by atoms with Crippen molar-refractivity contribution in [3.8, 4) is 11.5 Å². The lowest BCUT2D eigenvalue weighted by Crippen LogP contribution is -3.14. The summed E-state index contributed by atoms with van der Waals surface area (Å²) in [6.45, 7) is 4.56. The Morgan fingerprint density at radius 3 is 2.69 bits per heavy atom. The molecular weight excluding hydrogens is 336 g/mol. The summed E-state index contributed by atoms with van der Waals surface area (Å²) in [6, 6.07) is 5.57. The molecule has 0 aromatic heterocycles. The second-order valence-electron chi connectivity index (χ2n) is 6.44. The standard InChI is InChI=1S/C19H28N2O5/c1-4-26-19(23)15-6-5-9-21(12-15)13-18(22)20-11-14-7-8-16(24-2)17(10-14)25-3/h7-8,10,15H,4-6,9,11-13H2,1-3H3,(H,20,22)/p+1/t15-/m0/s1. The van der Waals surface area contributed by atoms with Gasteiger partial charge in [0.05, 0.1) is 33.9 Å². The van der Waals surface area contributed by atoms with Crippen LogP contribution in [0, 0.1) is 5.92 Å². The van der Waals surface area contributed by atoms with E-state index in [-0.39, 0.29) is 17.8 Å². The van der Waals surface area contributed by atoms with Crippen LogP contribution in [0.3, 0.4) is 0 Å². The number of rotatable bonds is 8. The number of carbonyl (C=O) groups is 2. The fraction of sp³-hybridized carbons (Fsp3) is 0.579. The molecule has 1 unspecified atom stereocenters. The smallest absolute Gasteiger partial charge is 0.314 e. The summed E-state index contributed by atoms with van der Waals surface area (Å²) in [6.07, 6.45) is 1.78. The van der Waals surface area contributed by atoms with Gasteiger partial charge in [-0.3, -0.25) is 9.59 Å². The molecule has 144 valence electrons. The zero-order chi connectivity index (χ0) is 18.9. The first kappa shape index (κ1) is 20.0. The van der Waals surface area contributed by atoms with Crippen LogP contribution < -0.4 is 19.7 Å². The summed E-state index contributed by atoms with van der Waals surface area (Å²) >= 11 is 0. The maximum absolute atomic E-state index is 12.3. The Hall–Kier alpha value is -2.28. The first-order chi connectivity index (χ1) is 12.6. The highest BCUT2D eigenvalue weighted by atomic mass is 16.5. The van der Waals surface area contributed by atoms with E-state index in [1.54, 1.807) is 14.2 Å². The van der Waals surface area contributed by atoms with Crippen LogP contribution in [0.2, 0.25) is 0 Å². The van der Waals surface area contributed by atoms with Gasteiger partial charge in [-0.1, -0.05) is 6.07 Å². The molecule has 1 amide bonds. The molecule has 7 nitrogen and oxygen atoms in total. The van der Waals surface area contributed by atoms with Gasteiger partial charge in [0.1, 0.15) is 5.92 Å². The molecule has 0 bridgehead atoms. The number of hydrogen-bond acceptors (Lipinski definition) is 5. The Morgan fingerprint density at radius 1 is 1.23 bits per heavy atom. The maximum atomic E-state index is 12.3. The normalized spacial score (nSPS) is 19.5. The molecule has 1 aromatic carbocycles. The van der Waals surface area contributed by atoms with Crippen molar-refractivity contribution in [2.75, 3.05) is 40.5 Å². The van der Waals surface area contributed by atoms with E-state index >= 15 is 0 Å². The Morgan fingerprint density at radius 2 is 2.00 bits per heavy atom. The molecule has 0 aliphatic carbocycles. The molecule has 1 saturated heterocycles. The van der Waals surface area contributed by atoms with Crippen molar-refractivity contribution in [2.24, 2.45) is 5.92 Å². The van der Waals surface area contributed by atoms with Crippen LogP contribution in [0.5, 0.6) is 11.5 Å². The number of quaternary nitrogens is 1. The van der Waals surface area contributed by atoms with Crippen molar-refractivity contribution in [3.63, 3.8) is 0 Å². The summed E-state index contributed by atoms with van der Waals surface area (Å²) in [4.78, 5) is 25.3. The van der Waals surface area contributed by atoms with E-state index in [0.29, 0.717) is 37.7 Å². The summed E-state index contributed by atoms with van der Waals surface area (Å²) < 4.78 is 15.6. The van der Waals surface area contributed by atoms with Crippen molar-refractivity contribution in [3.05, 3.63) is 23.8 Å². The minimum Gasteiger partial charge on any atom is -0.493 e. The van der Waals surface area contributed by atoms with Crippen LogP contribution in [0.1, 0.15) is 25.3 Å². The Kier molecular flexibility index (Phi) is 7.72. The molecule has 1 aromatic rings. The van der Waals surface area contributed by atoms with E-state index < -0.39 is 0 Å². The molecule has 0 radical (unpaired) electrons. The second-order valence-corrected chi connectivity index (χ2v) is 6.44. The summed E-state index contributed by atoms with van der Waals surface area (Å²) in [7, 11) is 3.17. The first-order valence-corrected chi connectivity index (χ1v) is 9.05. The fourth-order valence-electron chi connectivity index (χ4n) is 3.25. The zero-order valence-corrected chi connectivity index (χ0v) is 15.8. The Bertz CT molecular complexity index is 620. The molecular formula is C19H29N2O5+. The summed E-state index contributed by atoms with van der Waals surface area (Å²) in [5.41, 5.74) is 0.939. The molecule has 7 heteroatoms. The molecule has 1 aliphatic rings. The monoisotopic (exact) mass is 365 g/mol. The number of ether oxygens (including phenoxy) is 3. The van der Waals surface area contributed by atoms with E-state index in [2.05, 4.69) is 5.32 Å². The lowest BCUT2D eigenvalue weighted by molar-refractivity contribution is -0.899. The SMILES string of the molecule is CCOC(=O)[C@H]1CCC[NH+](CC(=O)NCc2ccc(OC)c(OC)c2)C1. The van der Waals surface area contributed by atoms with Crippen LogP contribution >= 0.6 is 0 Å². The van der Waals surface area contributed by atoms with Crippen LogP contribution in [0.25, 0.3) is 0 Å². The molecule has 26 heavy (non-hydrogen) atoms. The first-order valence-electron chi connectivity index (χ1n) is 9.05. The minimum absolute atomic E-state index is 0.0284. The zero-order valence-electron chi connectivity index (χ0n) is 15.8.